The van der Waals surface area contributed by atoms with E-state index < -0.39 is 11.7 Å². The van der Waals surface area contributed by atoms with Gasteiger partial charge in [0.2, 0.25) is 0 Å². The number of hydrogen-bond acceptors (Lipinski definition) is 3. The molecule has 0 amide bonds. The van der Waals surface area contributed by atoms with Crippen LogP contribution in [0.25, 0.3) is 0 Å². The molecule has 0 spiro atoms. The minimum atomic E-state index is -4.36. The van der Waals surface area contributed by atoms with Crippen LogP contribution in [0.3, 0.4) is 0 Å². The van der Waals surface area contributed by atoms with E-state index in [1.54, 1.807) is 6.07 Å². The van der Waals surface area contributed by atoms with E-state index in [2.05, 4.69) is 39.4 Å². The lowest BCUT2D eigenvalue weighted by Crippen LogP contribution is -2.45. The van der Waals surface area contributed by atoms with Crippen LogP contribution in [0, 0.1) is 0 Å². The normalized spacial score (nSPS) is 17.5. The third-order valence-corrected chi connectivity index (χ3v) is 5.00. The fourth-order valence-corrected chi connectivity index (χ4v) is 3.06. The van der Waals surface area contributed by atoms with Crippen LogP contribution in [-0.4, -0.2) is 56.7 Å². The SMILES string of the molecule is CCNC(=NCc1cc(C(F)(F)F)ccc1N1CCN(C)CC1)NC(C)CC. The largest absolute Gasteiger partial charge is 0.416 e. The molecule has 1 aromatic carbocycles. The van der Waals surface area contributed by atoms with Crippen molar-refractivity contribution >= 4 is 11.6 Å². The number of nitrogens with one attached hydrogen (secondary N) is 2. The van der Waals surface area contributed by atoms with Crippen LogP contribution < -0.4 is 15.5 Å². The fourth-order valence-electron chi connectivity index (χ4n) is 3.06. The quantitative estimate of drug-likeness (QED) is 0.569. The molecule has 1 unspecified atom stereocenters. The average Bonchev–Trinajstić information content (AvgIpc) is 2.66. The number of alkyl halides is 3. The van der Waals surface area contributed by atoms with E-state index in [1.807, 2.05) is 13.8 Å². The van der Waals surface area contributed by atoms with Crippen LogP contribution in [0.5, 0.6) is 0 Å². The molecule has 5 nitrogen and oxygen atoms in total. The maximum absolute atomic E-state index is 13.2. The Morgan fingerprint density at radius 2 is 1.86 bits per heavy atom. The zero-order valence-electron chi connectivity index (χ0n) is 17.2. The molecular formula is C20H32F3N5. The Labute approximate surface area is 166 Å². The molecule has 2 N–H and O–H groups in total. The van der Waals surface area contributed by atoms with Gasteiger partial charge in [-0.2, -0.15) is 13.2 Å². The summed E-state index contributed by atoms with van der Waals surface area (Å²) in [6.45, 7) is 10.3. The highest BCUT2D eigenvalue weighted by Crippen LogP contribution is 2.33. The number of likely N-dealkylation sites (N-methyl/N-ethyl adjacent to an activating group) is 1. The molecular weight excluding hydrogens is 367 g/mol. The predicted octanol–water partition coefficient (Wildman–Crippen LogP) is 3.31. The first-order valence-electron chi connectivity index (χ1n) is 9.93. The second-order valence-electron chi connectivity index (χ2n) is 7.28. The van der Waals surface area contributed by atoms with Gasteiger partial charge in [-0.3, -0.25) is 0 Å². The second-order valence-corrected chi connectivity index (χ2v) is 7.28. The number of aliphatic imine (C=N–C) groups is 1. The van der Waals surface area contributed by atoms with Crippen molar-refractivity contribution in [3.63, 3.8) is 0 Å². The Hall–Kier alpha value is -1.96. The highest BCUT2D eigenvalue weighted by atomic mass is 19.4. The third-order valence-electron chi connectivity index (χ3n) is 5.00. The Morgan fingerprint density at radius 3 is 2.43 bits per heavy atom. The van der Waals surface area contributed by atoms with E-state index in [0.29, 0.717) is 18.1 Å². The lowest BCUT2D eigenvalue weighted by atomic mass is 10.1. The second kappa shape index (κ2) is 10.0. The maximum Gasteiger partial charge on any atom is 0.416 e. The molecule has 2 rings (SSSR count). The fraction of sp³-hybridized carbons (Fsp3) is 0.650. The van der Waals surface area contributed by atoms with Crippen LogP contribution >= 0.6 is 0 Å². The summed E-state index contributed by atoms with van der Waals surface area (Å²) in [4.78, 5) is 8.93. The van der Waals surface area contributed by atoms with Gasteiger partial charge in [0.15, 0.2) is 5.96 Å². The molecule has 1 fully saturated rings. The Morgan fingerprint density at radius 1 is 1.18 bits per heavy atom. The molecule has 28 heavy (non-hydrogen) atoms. The summed E-state index contributed by atoms with van der Waals surface area (Å²) in [5, 5.41) is 6.45. The summed E-state index contributed by atoms with van der Waals surface area (Å²) in [5.41, 5.74) is 0.806. The molecule has 1 aliphatic heterocycles. The van der Waals surface area contributed by atoms with Crippen molar-refractivity contribution in [2.24, 2.45) is 4.99 Å². The highest BCUT2D eigenvalue weighted by molar-refractivity contribution is 5.80. The maximum atomic E-state index is 13.2. The molecule has 1 aliphatic rings. The summed E-state index contributed by atoms with van der Waals surface area (Å²) >= 11 is 0. The van der Waals surface area contributed by atoms with Crippen molar-refractivity contribution in [1.29, 1.82) is 0 Å². The lowest BCUT2D eigenvalue weighted by molar-refractivity contribution is -0.137. The van der Waals surface area contributed by atoms with Crippen molar-refractivity contribution in [1.82, 2.24) is 15.5 Å². The van der Waals surface area contributed by atoms with E-state index in [4.69, 9.17) is 0 Å². The van der Waals surface area contributed by atoms with E-state index in [1.165, 1.54) is 12.1 Å². The van der Waals surface area contributed by atoms with Crippen LogP contribution in [0.2, 0.25) is 0 Å². The molecule has 0 radical (unpaired) electrons. The van der Waals surface area contributed by atoms with Gasteiger partial charge in [-0.25, -0.2) is 4.99 Å². The number of guanidine groups is 1. The molecule has 0 aromatic heterocycles. The van der Waals surface area contributed by atoms with Gasteiger partial charge in [0.25, 0.3) is 0 Å². The van der Waals surface area contributed by atoms with E-state index in [0.717, 1.165) is 38.3 Å². The highest BCUT2D eigenvalue weighted by Gasteiger charge is 2.31. The number of nitrogens with zero attached hydrogens (tertiary/aromatic N) is 3. The van der Waals surface area contributed by atoms with Crippen molar-refractivity contribution in [2.75, 3.05) is 44.7 Å². The minimum absolute atomic E-state index is 0.192. The van der Waals surface area contributed by atoms with Crippen molar-refractivity contribution in [2.45, 2.75) is 46.0 Å². The zero-order chi connectivity index (χ0) is 20.7. The molecule has 1 aromatic rings. The summed E-state index contributed by atoms with van der Waals surface area (Å²) in [5.74, 6) is 0.624. The summed E-state index contributed by atoms with van der Waals surface area (Å²) in [6, 6.07) is 4.23. The lowest BCUT2D eigenvalue weighted by Gasteiger charge is -2.35. The Bertz CT molecular complexity index is 652. The molecule has 158 valence electrons. The first-order chi connectivity index (χ1) is 13.2. The van der Waals surface area contributed by atoms with Gasteiger partial charge in [-0.1, -0.05) is 6.92 Å². The average molecular weight is 400 g/mol. The van der Waals surface area contributed by atoms with E-state index in [9.17, 15) is 13.2 Å². The van der Waals surface area contributed by atoms with Crippen molar-refractivity contribution in [3.8, 4) is 0 Å². The molecule has 0 saturated carbocycles. The zero-order valence-corrected chi connectivity index (χ0v) is 17.2. The number of hydrogen-bond donors (Lipinski definition) is 2. The molecule has 1 heterocycles. The standard InChI is InChI=1S/C20H32F3N5/c1-5-15(3)26-19(24-6-2)25-14-16-13-17(20(21,22)23)7-8-18(16)28-11-9-27(4)10-12-28/h7-8,13,15H,5-6,9-12,14H2,1-4H3,(H2,24,25,26). The number of benzene rings is 1. The van der Waals surface area contributed by atoms with E-state index in [-0.39, 0.29) is 12.6 Å². The minimum Gasteiger partial charge on any atom is -0.369 e. The Balaban J connectivity index is 2.30. The van der Waals surface area contributed by atoms with Crippen molar-refractivity contribution in [3.05, 3.63) is 29.3 Å². The van der Waals surface area contributed by atoms with Crippen LogP contribution in [-0.2, 0) is 12.7 Å². The van der Waals surface area contributed by atoms with Gasteiger partial charge in [0, 0.05) is 44.5 Å². The van der Waals surface area contributed by atoms with Gasteiger partial charge in [-0.15, -0.1) is 0 Å². The molecule has 1 atom stereocenters. The molecule has 1 saturated heterocycles. The van der Waals surface area contributed by atoms with Gasteiger partial charge < -0.3 is 20.4 Å². The first-order valence-corrected chi connectivity index (χ1v) is 9.93. The van der Waals surface area contributed by atoms with Gasteiger partial charge in [-0.05, 0) is 51.1 Å². The van der Waals surface area contributed by atoms with Crippen molar-refractivity contribution < 1.29 is 13.2 Å². The van der Waals surface area contributed by atoms with Crippen LogP contribution in [0.4, 0.5) is 18.9 Å². The monoisotopic (exact) mass is 399 g/mol. The number of halogens is 3. The van der Waals surface area contributed by atoms with Crippen LogP contribution in [0.1, 0.15) is 38.3 Å². The summed E-state index contributed by atoms with van der Waals surface area (Å²) in [7, 11) is 2.05. The third kappa shape index (κ3) is 6.29. The summed E-state index contributed by atoms with van der Waals surface area (Å²) < 4.78 is 39.7. The molecule has 0 aliphatic carbocycles. The predicted molar refractivity (Wildman–Crippen MR) is 109 cm³/mol. The van der Waals surface area contributed by atoms with Gasteiger partial charge >= 0.3 is 6.18 Å². The molecule has 0 bridgehead atoms. The summed E-state index contributed by atoms with van der Waals surface area (Å²) in [6.07, 6.45) is -3.43. The van der Waals surface area contributed by atoms with Crippen LogP contribution in [0.15, 0.2) is 23.2 Å². The van der Waals surface area contributed by atoms with Gasteiger partial charge in [0.05, 0.1) is 12.1 Å². The van der Waals surface area contributed by atoms with E-state index >= 15 is 0 Å². The smallest absolute Gasteiger partial charge is 0.369 e. The number of rotatable bonds is 6. The first kappa shape index (κ1) is 22.3. The topological polar surface area (TPSA) is 42.9 Å². The van der Waals surface area contributed by atoms with Gasteiger partial charge in [0.1, 0.15) is 0 Å². The molecule has 8 heteroatoms. The Kier molecular flexibility index (Phi) is 7.98. The number of piperazine rings is 1. The number of anilines is 1.